The van der Waals surface area contributed by atoms with Crippen molar-refractivity contribution in [3.8, 4) is 5.75 Å². The number of benzene rings is 2. The SMILES string of the molecule is Cc1cc(C)n(C(C)C(=O)Nc2ccc(OCc3ccccc3F)cc2)n1. The maximum Gasteiger partial charge on any atom is 0.248 e. The van der Waals surface area contributed by atoms with Gasteiger partial charge in [-0.3, -0.25) is 9.48 Å². The molecule has 1 N–H and O–H groups in total. The molecule has 1 atom stereocenters. The summed E-state index contributed by atoms with van der Waals surface area (Å²) < 4.78 is 20.9. The summed E-state index contributed by atoms with van der Waals surface area (Å²) in [4.78, 5) is 12.5. The molecule has 0 saturated carbocycles. The summed E-state index contributed by atoms with van der Waals surface area (Å²) in [6, 6.07) is 15.0. The molecule has 3 aromatic rings. The van der Waals surface area contributed by atoms with Gasteiger partial charge in [0.2, 0.25) is 5.91 Å². The number of nitrogens with one attached hydrogen (secondary N) is 1. The number of ether oxygens (including phenoxy) is 1. The van der Waals surface area contributed by atoms with E-state index in [-0.39, 0.29) is 18.3 Å². The summed E-state index contributed by atoms with van der Waals surface area (Å²) in [5.74, 6) is 0.156. The van der Waals surface area contributed by atoms with Crippen LogP contribution in [0.1, 0.15) is 29.9 Å². The number of nitrogens with zero attached hydrogens (tertiary/aromatic N) is 2. The van der Waals surface area contributed by atoms with Crippen LogP contribution < -0.4 is 10.1 Å². The lowest BCUT2D eigenvalue weighted by Gasteiger charge is -2.15. The molecule has 1 unspecified atom stereocenters. The van der Waals surface area contributed by atoms with E-state index >= 15 is 0 Å². The molecule has 3 rings (SSSR count). The van der Waals surface area contributed by atoms with Crippen LogP contribution in [0.15, 0.2) is 54.6 Å². The van der Waals surface area contributed by atoms with Crippen LogP contribution in [0.2, 0.25) is 0 Å². The Morgan fingerprint density at radius 1 is 1.19 bits per heavy atom. The second-order valence-electron chi connectivity index (χ2n) is 6.44. The Morgan fingerprint density at radius 3 is 2.52 bits per heavy atom. The summed E-state index contributed by atoms with van der Waals surface area (Å²) in [6.45, 7) is 5.77. The van der Waals surface area contributed by atoms with Gasteiger partial charge in [-0.25, -0.2) is 4.39 Å². The van der Waals surface area contributed by atoms with E-state index in [9.17, 15) is 9.18 Å². The van der Waals surface area contributed by atoms with E-state index < -0.39 is 6.04 Å². The molecule has 6 heteroatoms. The van der Waals surface area contributed by atoms with E-state index in [1.165, 1.54) is 6.07 Å². The highest BCUT2D eigenvalue weighted by Gasteiger charge is 2.18. The monoisotopic (exact) mass is 367 g/mol. The normalized spacial score (nSPS) is 11.9. The minimum Gasteiger partial charge on any atom is -0.489 e. The first-order valence-electron chi connectivity index (χ1n) is 8.74. The quantitative estimate of drug-likeness (QED) is 0.702. The number of hydrogen-bond donors (Lipinski definition) is 1. The Labute approximate surface area is 157 Å². The van der Waals surface area contributed by atoms with E-state index in [4.69, 9.17) is 4.74 Å². The van der Waals surface area contributed by atoms with Crippen molar-refractivity contribution in [2.24, 2.45) is 0 Å². The summed E-state index contributed by atoms with van der Waals surface area (Å²) in [7, 11) is 0. The number of rotatable bonds is 6. The molecule has 27 heavy (non-hydrogen) atoms. The van der Waals surface area contributed by atoms with Gasteiger partial charge in [0.1, 0.15) is 24.2 Å². The number of amides is 1. The molecular formula is C21H22FN3O2. The molecular weight excluding hydrogens is 345 g/mol. The summed E-state index contributed by atoms with van der Waals surface area (Å²) in [6.07, 6.45) is 0. The van der Waals surface area contributed by atoms with Crippen LogP contribution in [-0.2, 0) is 11.4 Å². The van der Waals surface area contributed by atoms with Gasteiger partial charge in [0, 0.05) is 16.9 Å². The average Bonchev–Trinajstić information content (AvgIpc) is 2.99. The molecule has 5 nitrogen and oxygen atoms in total. The maximum atomic E-state index is 13.6. The van der Waals surface area contributed by atoms with Crippen LogP contribution in [0.4, 0.5) is 10.1 Å². The van der Waals surface area contributed by atoms with Crippen LogP contribution in [0.3, 0.4) is 0 Å². The third-order valence-electron chi connectivity index (χ3n) is 4.26. The molecule has 1 amide bonds. The fourth-order valence-electron chi connectivity index (χ4n) is 2.81. The van der Waals surface area contributed by atoms with Crippen molar-refractivity contribution < 1.29 is 13.9 Å². The maximum absolute atomic E-state index is 13.6. The van der Waals surface area contributed by atoms with Crippen molar-refractivity contribution in [1.29, 1.82) is 0 Å². The van der Waals surface area contributed by atoms with Crippen molar-refractivity contribution in [3.63, 3.8) is 0 Å². The van der Waals surface area contributed by atoms with E-state index in [0.29, 0.717) is 17.0 Å². The molecule has 0 aliphatic rings. The van der Waals surface area contributed by atoms with Gasteiger partial charge in [0.05, 0.1) is 5.69 Å². The average molecular weight is 367 g/mol. The number of hydrogen-bond acceptors (Lipinski definition) is 3. The third-order valence-corrected chi connectivity index (χ3v) is 4.26. The zero-order valence-corrected chi connectivity index (χ0v) is 15.6. The summed E-state index contributed by atoms with van der Waals surface area (Å²) in [5, 5.41) is 7.22. The summed E-state index contributed by atoms with van der Waals surface area (Å²) in [5.41, 5.74) is 2.97. The van der Waals surface area contributed by atoms with Gasteiger partial charge in [-0.1, -0.05) is 18.2 Å². The van der Waals surface area contributed by atoms with Crippen LogP contribution in [0.25, 0.3) is 0 Å². The predicted molar refractivity (Wildman–Crippen MR) is 102 cm³/mol. The molecule has 1 heterocycles. The number of aromatic nitrogens is 2. The van der Waals surface area contributed by atoms with Gasteiger partial charge in [-0.15, -0.1) is 0 Å². The zero-order chi connectivity index (χ0) is 19.4. The van der Waals surface area contributed by atoms with E-state index in [0.717, 1.165) is 11.4 Å². The largest absolute Gasteiger partial charge is 0.489 e. The smallest absolute Gasteiger partial charge is 0.248 e. The Hall–Kier alpha value is -3.15. The van der Waals surface area contributed by atoms with Gasteiger partial charge >= 0.3 is 0 Å². The molecule has 0 bridgehead atoms. The molecule has 0 fully saturated rings. The first-order valence-corrected chi connectivity index (χ1v) is 8.74. The van der Waals surface area contributed by atoms with E-state index in [2.05, 4.69) is 10.4 Å². The topological polar surface area (TPSA) is 56.2 Å². The van der Waals surface area contributed by atoms with Crippen molar-refractivity contribution in [2.45, 2.75) is 33.4 Å². The Balaban J connectivity index is 1.59. The van der Waals surface area contributed by atoms with Crippen LogP contribution >= 0.6 is 0 Å². The molecule has 0 spiro atoms. The first-order chi connectivity index (χ1) is 12.9. The molecule has 0 aliphatic carbocycles. The van der Waals surface area contributed by atoms with Gasteiger partial charge in [-0.05, 0) is 57.2 Å². The van der Waals surface area contributed by atoms with Crippen LogP contribution in [0.5, 0.6) is 5.75 Å². The minimum absolute atomic E-state index is 0.146. The number of carbonyl (C=O) groups is 1. The van der Waals surface area contributed by atoms with Crippen LogP contribution in [-0.4, -0.2) is 15.7 Å². The van der Waals surface area contributed by atoms with E-state index in [1.54, 1.807) is 54.1 Å². The molecule has 1 aromatic heterocycles. The first kappa shape index (κ1) is 18.6. The third kappa shape index (κ3) is 4.53. The molecule has 0 aliphatic heterocycles. The Kier molecular flexibility index (Phi) is 5.54. The van der Waals surface area contributed by atoms with Crippen LogP contribution in [0, 0.1) is 19.7 Å². The standard InChI is InChI=1S/C21H22FN3O2/c1-14-12-15(2)25(24-14)16(3)21(26)23-18-8-10-19(11-9-18)27-13-17-6-4-5-7-20(17)22/h4-12,16H,13H2,1-3H3,(H,23,26). The highest BCUT2D eigenvalue weighted by molar-refractivity contribution is 5.93. The van der Waals surface area contributed by atoms with Gasteiger partial charge < -0.3 is 10.1 Å². The lowest BCUT2D eigenvalue weighted by Crippen LogP contribution is -2.25. The van der Waals surface area contributed by atoms with Crippen molar-refractivity contribution >= 4 is 11.6 Å². The molecule has 2 aromatic carbocycles. The Morgan fingerprint density at radius 2 is 1.89 bits per heavy atom. The highest BCUT2D eigenvalue weighted by atomic mass is 19.1. The minimum atomic E-state index is -0.421. The highest BCUT2D eigenvalue weighted by Crippen LogP contribution is 2.19. The fraction of sp³-hybridized carbons (Fsp3) is 0.238. The second kappa shape index (κ2) is 8.03. The number of carbonyl (C=O) groups excluding carboxylic acids is 1. The van der Waals surface area contributed by atoms with Crippen molar-refractivity contribution in [1.82, 2.24) is 9.78 Å². The fourth-order valence-corrected chi connectivity index (χ4v) is 2.81. The molecule has 0 radical (unpaired) electrons. The molecule has 0 saturated heterocycles. The Bertz CT molecular complexity index is 935. The molecule has 140 valence electrons. The van der Waals surface area contributed by atoms with E-state index in [1.807, 2.05) is 19.9 Å². The van der Waals surface area contributed by atoms with Crippen molar-refractivity contribution in [2.75, 3.05) is 5.32 Å². The zero-order valence-electron chi connectivity index (χ0n) is 15.6. The number of halogens is 1. The lowest BCUT2D eigenvalue weighted by molar-refractivity contribution is -0.119. The van der Waals surface area contributed by atoms with Gasteiger partial charge in [-0.2, -0.15) is 5.10 Å². The lowest BCUT2D eigenvalue weighted by atomic mass is 10.2. The van der Waals surface area contributed by atoms with Crippen molar-refractivity contribution in [3.05, 3.63) is 77.4 Å². The second-order valence-corrected chi connectivity index (χ2v) is 6.44. The number of anilines is 1. The summed E-state index contributed by atoms with van der Waals surface area (Å²) >= 11 is 0. The number of aryl methyl sites for hydroxylation is 2. The predicted octanol–water partition coefficient (Wildman–Crippen LogP) is 4.42. The van der Waals surface area contributed by atoms with Gasteiger partial charge in [0.15, 0.2) is 0 Å². The van der Waals surface area contributed by atoms with Gasteiger partial charge in [0.25, 0.3) is 0 Å².